The summed E-state index contributed by atoms with van der Waals surface area (Å²) in [6.07, 6.45) is 6.69. The molecule has 1 saturated heterocycles. The molecular formula is C13H26NO+. The molecule has 2 fully saturated rings. The Morgan fingerprint density at radius 3 is 2.27 bits per heavy atom. The highest BCUT2D eigenvalue weighted by atomic mass is 16.5. The van der Waals surface area contributed by atoms with E-state index in [1.54, 1.807) is 0 Å². The highest BCUT2D eigenvalue weighted by Gasteiger charge is 2.33. The largest absolute Gasteiger partial charge is 0.364 e. The first-order valence-electron chi connectivity index (χ1n) is 6.65. The Bertz CT molecular complexity index is 197. The lowest BCUT2D eigenvalue weighted by Crippen LogP contribution is -3.19. The van der Waals surface area contributed by atoms with Crippen LogP contribution >= 0.6 is 0 Å². The second-order valence-corrected chi connectivity index (χ2v) is 5.79. The summed E-state index contributed by atoms with van der Waals surface area (Å²) in [4.78, 5) is 1.81. The molecular weight excluding hydrogens is 186 g/mol. The summed E-state index contributed by atoms with van der Waals surface area (Å²) in [5.41, 5.74) is 0. The maximum Gasteiger partial charge on any atom is 0.104 e. The molecule has 0 aromatic carbocycles. The van der Waals surface area contributed by atoms with Gasteiger partial charge in [0.25, 0.3) is 0 Å². The van der Waals surface area contributed by atoms with E-state index in [4.69, 9.17) is 4.74 Å². The molecule has 1 saturated carbocycles. The summed E-state index contributed by atoms with van der Waals surface area (Å²) in [6.45, 7) is 9.31. The zero-order chi connectivity index (χ0) is 10.8. The highest BCUT2D eigenvalue weighted by molar-refractivity contribution is 4.71. The lowest BCUT2D eigenvalue weighted by Gasteiger charge is -2.40. The van der Waals surface area contributed by atoms with Gasteiger partial charge in [-0.1, -0.05) is 13.3 Å². The van der Waals surface area contributed by atoms with Crippen LogP contribution in [-0.4, -0.2) is 31.3 Å². The van der Waals surface area contributed by atoms with Crippen LogP contribution in [0.4, 0.5) is 0 Å². The van der Waals surface area contributed by atoms with Gasteiger partial charge in [-0.15, -0.1) is 0 Å². The summed E-state index contributed by atoms with van der Waals surface area (Å²) in [6, 6.07) is 0.919. The Morgan fingerprint density at radius 2 is 1.67 bits per heavy atom. The van der Waals surface area contributed by atoms with Gasteiger partial charge in [0.1, 0.15) is 25.3 Å². The minimum absolute atomic E-state index is 0.459. The molecule has 0 bridgehead atoms. The summed E-state index contributed by atoms with van der Waals surface area (Å²) >= 11 is 0. The van der Waals surface area contributed by atoms with E-state index in [0.29, 0.717) is 12.2 Å². The number of hydrogen-bond donors (Lipinski definition) is 1. The molecule has 0 amide bonds. The number of ether oxygens (including phenoxy) is 1. The SMILES string of the molecule is C[C@@H]1CCC[C@@H]([NH+]2C[C@@H](C)O[C@@H](C)C2)C1. The first-order chi connectivity index (χ1) is 7.15. The van der Waals surface area contributed by atoms with Gasteiger partial charge in [-0.2, -0.15) is 0 Å². The van der Waals surface area contributed by atoms with Crippen molar-refractivity contribution in [2.75, 3.05) is 13.1 Å². The van der Waals surface area contributed by atoms with Crippen molar-refractivity contribution >= 4 is 0 Å². The average Bonchev–Trinajstić information content (AvgIpc) is 2.16. The van der Waals surface area contributed by atoms with Crippen molar-refractivity contribution in [3.63, 3.8) is 0 Å². The third kappa shape index (κ3) is 2.94. The number of nitrogens with one attached hydrogen (secondary N) is 1. The van der Waals surface area contributed by atoms with Crippen molar-refractivity contribution in [2.24, 2.45) is 5.92 Å². The summed E-state index contributed by atoms with van der Waals surface area (Å²) in [7, 11) is 0. The molecule has 1 N–H and O–H groups in total. The fraction of sp³-hybridized carbons (Fsp3) is 1.00. The Hall–Kier alpha value is -0.0800. The molecule has 1 aliphatic heterocycles. The maximum absolute atomic E-state index is 5.81. The molecule has 15 heavy (non-hydrogen) atoms. The standard InChI is InChI=1S/C13H25NO/c1-10-5-4-6-13(7-10)14-8-11(2)15-12(3)9-14/h10-13H,4-9H2,1-3H3/p+1/t10-,11-,12+,13-/m1/s1. The molecule has 0 spiro atoms. The highest BCUT2D eigenvalue weighted by Crippen LogP contribution is 2.22. The zero-order valence-corrected chi connectivity index (χ0v) is 10.5. The molecule has 2 nitrogen and oxygen atoms in total. The van der Waals surface area contributed by atoms with E-state index in [9.17, 15) is 0 Å². The van der Waals surface area contributed by atoms with Gasteiger partial charge in [0.2, 0.25) is 0 Å². The van der Waals surface area contributed by atoms with Crippen LogP contribution in [0, 0.1) is 5.92 Å². The molecule has 5 atom stereocenters. The molecule has 0 radical (unpaired) electrons. The van der Waals surface area contributed by atoms with Crippen molar-refractivity contribution in [1.29, 1.82) is 0 Å². The monoisotopic (exact) mass is 212 g/mol. The van der Waals surface area contributed by atoms with Gasteiger partial charge < -0.3 is 9.64 Å². The molecule has 2 heteroatoms. The molecule has 1 heterocycles. The minimum atomic E-state index is 0.459. The van der Waals surface area contributed by atoms with Gasteiger partial charge in [0.15, 0.2) is 0 Å². The summed E-state index contributed by atoms with van der Waals surface area (Å²) < 4.78 is 5.81. The Labute approximate surface area is 94.0 Å². The van der Waals surface area contributed by atoms with Gasteiger partial charge in [0, 0.05) is 6.42 Å². The van der Waals surface area contributed by atoms with Crippen molar-refractivity contribution in [2.45, 2.75) is 64.7 Å². The lowest BCUT2D eigenvalue weighted by molar-refractivity contribution is -0.941. The van der Waals surface area contributed by atoms with Crippen LogP contribution in [0.15, 0.2) is 0 Å². The van der Waals surface area contributed by atoms with Crippen LogP contribution in [-0.2, 0) is 4.74 Å². The summed E-state index contributed by atoms with van der Waals surface area (Å²) in [5.74, 6) is 0.949. The van der Waals surface area contributed by atoms with Gasteiger partial charge in [-0.05, 0) is 32.6 Å². The third-order valence-corrected chi connectivity index (χ3v) is 4.08. The fourth-order valence-corrected chi connectivity index (χ4v) is 3.45. The van der Waals surface area contributed by atoms with Crippen LogP contribution in [0.1, 0.15) is 46.5 Å². The van der Waals surface area contributed by atoms with E-state index in [0.717, 1.165) is 12.0 Å². The maximum atomic E-state index is 5.81. The number of quaternary nitrogens is 1. The van der Waals surface area contributed by atoms with Crippen molar-refractivity contribution in [1.82, 2.24) is 0 Å². The topological polar surface area (TPSA) is 13.7 Å². The molecule has 0 aromatic heterocycles. The third-order valence-electron chi connectivity index (χ3n) is 4.08. The second kappa shape index (κ2) is 4.84. The first-order valence-corrected chi connectivity index (χ1v) is 6.65. The zero-order valence-electron chi connectivity index (χ0n) is 10.5. The molecule has 88 valence electrons. The van der Waals surface area contributed by atoms with Crippen LogP contribution in [0.3, 0.4) is 0 Å². The Kier molecular flexibility index (Phi) is 3.68. The van der Waals surface area contributed by atoms with Gasteiger partial charge in [-0.3, -0.25) is 0 Å². The van der Waals surface area contributed by atoms with Crippen molar-refractivity contribution in [3.8, 4) is 0 Å². The van der Waals surface area contributed by atoms with Gasteiger partial charge in [-0.25, -0.2) is 0 Å². The summed E-state index contributed by atoms with van der Waals surface area (Å²) in [5, 5.41) is 0. The van der Waals surface area contributed by atoms with Crippen molar-refractivity contribution < 1.29 is 9.64 Å². The van der Waals surface area contributed by atoms with Gasteiger partial charge in [0.05, 0.1) is 6.04 Å². The van der Waals surface area contributed by atoms with Crippen LogP contribution < -0.4 is 4.90 Å². The molecule has 2 rings (SSSR count). The number of rotatable bonds is 1. The predicted octanol–water partition coefficient (Wildman–Crippen LogP) is 1.26. The molecule has 1 aliphatic carbocycles. The minimum Gasteiger partial charge on any atom is -0.364 e. The van der Waals surface area contributed by atoms with E-state index >= 15 is 0 Å². The van der Waals surface area contributed by atoms with Crippen LogP contribution in [0.5, 0.6) is 0 Å². The van der Waals surface area contributed by atoms with Crippen molar-refractivity contribution in [3.05, 3.63) is 0 Å². The average molecular weight is 212 g/mol. The smallest absolute Gasteiger partial charge is 0.104 e. The van der Waals surface area contributed by atoms with E-state index in [-0.39, 0.29) is 0 Å². The normalized spacial score (nSPS) is 47.8. The van der Waals surface area contributed by atoms with Crippen LogP contribution in [0.2, 0.25) is 0 Å². The Balaban J connectivity index is 1.91. The van der Waals surface area contributed by atoms with E-state index in [2.05, 4.69) is 20.8 Å². The van der Waals surface area contributed by atoms with E-state index in [1.165, 1.54) is 38.8 Å². The molecule has 2 aliphatic rings. The Morgan fingerprint density at radius 1 is 1.00 bits per heavy atom. The predicted molar refractivity (Wildman–Crippen MR) is 62.1 cm³/mol. The fourth-order valence-electron chi connectivity index (χ4n) is 3.45. The first kappa shape index (κ1) is 11.4. The van der Waals surface area contributed by atoms with Crippen LogP contribution in [0.25, 0.3) is 0 Å². The lowest BCUT2D eigenvalue weighted by atomic mass is 9.86. The second-order valence-electron chi connectivity index (χ2n) is 5.79. The van der Waals surface area contributed by atoms with E-state index < -0.39 is 0 Å². The number of hydrogen-bond acceptors (Lipinski definition) is 1. The van der Waals surface area contributed by atoms with Gasteiger partial charge >= 0.3 is 0 Å². The van der Waals surface area contributed by atoms with E-state index in [1.807, 2.05) is 4.90 Å². The molecule has 0 aromatic rings. The number of morpholine rings is 1. The molecule has 1 unspecified atom stereocenters. The quantitative estimate of drug-likeness (QED) is 0.691.